The number of carbonyl (C=O) groups excluding carboxylic acids is 2. The van der Waals surface area contributed by atoms with Crippen molar-refractivity contribution >= 4 is 35.1 Å². The lowest BCUT2D eigenvalue weighted by atomic mass is 10.1. The third kappa shape index (κ3) is 3.56. The summed E-state index contributed by atoms with van der Waals surface area (Å²) in [7, 11) is 1.53. The number of halogens is 2. The number of methoxy groups -OCH3 is 1. The zero-order valence-corrected chi connectivity index (χ0v) is 19.1. The van der Waals surface area contributed by atoms with Crippen LogP contribution in [0.25, 0.3) is 0 Å². The molecule has 0 aromatic heterocycles. The summed E-state index contributed by atoms with van der Waals surface area (Å²) < 4.78 is 33.5. The van der Waals surface area contributed by atoms with Crippen molar-refractivity contribution in [2.45, 2.75) is 11.4 Å². The Hall–Kier alpha value is -3.59. The van der Waals surface area contributed by atoms with Gasteiger partial charge in [0.2, 0.25) is 0 Å². The SMILES string of the molecule is COc1ccc2c(c1)[C@]1(SCCN1C(=O)Nc1cccc(F)c1)C(=O)N2Cc1ccccc1F. The number of nitrogens with one attached hydrogen (secondary N) is 1. The molecule has 0 saturated carbocycles. The fourth-order valence-electron chi connectivity index (χ4n) is 4.43. The predicted octanol–water partition coefficient (Wildman–Crippen LogP) is 4.95. The molecule has 3 aromatic rings. The molecule has 1 spiro atoms. The van der Waals surface area contributed by atoms with Gasteiger partial charge in [-0.3, -0.25) is 9.69 Å². The molecule has 1 N–H and O–H groups in total. The highest BCUT2D eigenvalue weighted by atomic mass is 32.2. The van der Waals surface area contributed by atoms with Gasteiger partial charge in [0, 0.05) is 29.1 Å². The van der Waals surface area contributed by atoms with Crippen LogP contribution in [0.15, 0.2) is 66.7 Å². The number of hydrogen-bond acceptors (Lipinski definition) is 4. The third-order valence-corrected chi connectivity index (χ3v) is 7.43. The molecule has 3 aromatic carbocycles. The van der Waals surface area contributed by atoms with Gasteiger partial charge in [0.25, 0.3) is 5.91 Å². The van der Waals surface area contributed by atoms with Crippen molar-refractivity contribution in [1.82, 2.24) is 4.90 Å². The molecule has 0 aliphatic carbocycles. The van der Waals surface area contributed by atoms with E-state index in [1.165, 1.54) is 52.9 Å². The fraction of sp³-hybridized carbons (Fsp3) is 0.200. The Bertz CT molecular complexity index is 1290. The number of nitrogens with zero attached hydrogens (tertiary/aromatic N) is 2. The van der Waals surface area contributed by atoms with Crippen LogP contribution < -0.4 is 15.0 Å². The second-order valence-corrected chi connectivity index (χ2v) is 9.24. The minimum Gasteiger partial charge on any atom is -0.497 e. The molecule has 1 atom stereocenters. The Morgan fingerprint density at radius 1 is 1.12 bits per heavy atom. The largest absolute Gasteiger partial charge is 0.497 e. The molecule has 2 aliphatic heterocycles. The maximum atomic E-state index is 14.4. The number of amides is 3. The average Bonchev–Trinajstić information content (AvgIpc) is 3.37. The molecule has 0 radical (unpaired) electrons. The molecule has 5 rings (SSSR count). The van der Waals surface area contributed by atoms with E-state index in [1.54, 1.807) is 42.5 Å². The van der Waals surface area contributed by atoms with Gasteiger partial charge < -0.3 is 15.0 Å². The van der Waals surface area contributed by atoms with Gasteiger partial charge in [-0.15, -0.1) is 11.8 Å². The molecule has 1 fully saturated rings. The van der Waals surface area contributed by atoms with Gasteiger partial charge in [0.1, 0.15) is 17.4 Å². The van der Waals surface area contributed by atoms with E-state index < -0.39 is 22.5 Å². The summed E-state index contributed by atoms with van der Waals surface area (Å²) in [5.74, 6) is -0.169. The van der Waals surface area contributed by atoms with E-state index in [0.29, 0.717) is 34.9 Å². The van der Waals surface area contributed by atoms with Gasteiger partial charge in [-0.2, -0.15) is 0 Å². The summed E-state index contributed by atoms with van der Waals surface area (Å²) in [4.78, 5) is 28.9. The molecule has 2 heterocycles. The quantitative estimate of drug-likeness (QED) is 0.573. The monoisotopic (exact) mass is 481 g/mol. The molecule has 34 heavy (non-hydrogen) atoms. The highest BCUT2D eigenvalue weighted by Gasteiger charge is 2.59. The van der Waals surface area contributed by atoms with Gasteiger partial charge in [0.05, 0.1) is 19.3 Å². The number of ether oxygens (including phenoxy) is 1. The van der Waals surface area contributed by atoms with Crippen LogP contribution in [-0.2, 0) is 16.2 Å². The minimum absolute atomic E-state index is 0.0203. The second kappa shape index (κ2) is 8.64. The summed E-state index contributed by atoms with van der Waals surface area (Å²) in [6.45, 7) is 0.328. The van der Waals surface area contributed by atoms with Crippen molar-refractivity contribution < 1.29 is 23.1 Å². The van der Waals surface area contributed by atoms with Crippen LogP contribution in [0.5, 0.6) is 5.75 Å². The van der Waals surface area contributed by atoms with E-state index in [-0.39, 0.29) is 18.1 Å². The molecule has 2 aliphatic rings. The third-order valence-electron chi connectivity index (χ3n) is 6.01. The van der Waals surface area contributed by atoms with Crippen molar-refractivity contribution in [3.8, 4) is 5.75 Å². The Kier molecular flexibility index (Phi) is 5.65. The number of thioether (sulfide) groups is 1. The first-order chi connectivity index (χ1) is 16.4. The average molecular weight is 482 g/mol. The van der Waals surface area contributed by atoms with E-state index in [4.69, 9.17) is 4.74 Å². The molecule has 9 heteroatoms. The lowest BCUT2D eigenvalue weighted by Gasteiger charge is -2.33. The number of carbonyl (C=O) groups is 2. The lowest BCUT2D eigenvalue weighted by molar-refractivity contribution is -0.123. The number of benzene rings is 3. The predicted molar refractivity (Wildman–Crippen MR) is 127 cm³/mol. The van der Waals surface area contributed by atoms with Crippen LogP contribution >= 0.6 is 11.8 Å². The Morgan fingerprint density at radius 3 is 2.71 bits per heavy atom. The summed E-state index contributed by atoms with van der Waals surface area (Å²) in [5, 5.41) is 2.70. The second-order valence-electron chi connectivity index (χ2n) is 7.95. The highest BCUT2D eigenvalue weighted by molar-refractivity contribution is 8.01. The normalized spacial score (nSPS) is 19.0. The molecular formula is C25H21F2N3O3S. The maximum absolute atomic E-state index is 14.4. The highest BCUT2D eigenvalue weighted by Crippen LogP contribution is 2.55. The molecule has 3 amide bonds. The first-order valence-electron chi connectivity index (χ1n) is 10.7. The first kappa shape index (κ1) is 22.2. The molecule has 1 saturated heterocycles. The Balaban J connectivity index is 1.56. The van der Waals surface area contributed by atoms with Crippen LogP contribution in [0, 0.1) is 11.6 Å². The van der Waals surface area contributed by atoms with Gasteiger partial charge in [-0.25, -0.2) is 13.6 Å². The zero-order chi connectivity index (χ0) is 23.9. The van der Waals surface area contributed by atoms with Crippen molar-refractivity contribution in [3.05, 3.63) is 89.5 Å². The number of rotatable bonds is 4. The minimum atomic E-state index is -1.34. The Morgan fingerprint density at radius 2 is 1.94 bits per heavy atom. The van der Waals surface area contributed by atoms with Gasteiger partial charge >= 0.3 is 6.03 Å². The van der Waals surface area contributed by atoms with Gasteiger partial charge in [-0.05, 0) is 42.5 Å². The standard InChI is InChI=1S/C25H21F2N3O3S/c1-33-19-9-10-22-20(14-19)25(23(31)29(22)15-16-5-2-3-8-21(16)27)30(11-12-34-25)24(32)28-18-7-4-6-17(26)13-18/h2-10,13-14H,11-12,15H2,1H3,(H,28,32)/t25-/m0/s1. The summed E-state index contributed by atoms with van der Waals surface area (Å²) in [6.07, 6.45) is 0. The molecule has 174 valence electrons. The molecule has 0 unspecified atom stereocenters. The summed E-state index contributed by atoms with van der Waals surface area (Å²) in [5.41, 5.74) is 1.85. The number of anilines is 2. The smallest absolute Gasteiger partial charge is 0.323 e. The topological polar surface area (TPSA) is 61.9 Å². The molecule has 0 bridgehead atoms. The summed E-state index contributed by atoms with van der Waals surface area (Å²) >= 11 is 1.34. The molecular weight excluding hydrogens is 460 g/mol. The number of urea groups is 1. The Labute approximate surface area is 199 Å². The number of hydrogen-bond donors (Lipinski definition) is 1. The number of fused-ring (bicyclic) bond motifs is 2. The first-order valence-corrected chi connectivity index (χ1v) is 11.6. The van der Waals surface area contributed by atoms with Crippen molar-refractivity contribution in [3.63, 3.8) is 0 Å². The fourth-order valence-corrected chi connectivity index (χ4v) is 5.88. The van der Waals surface area contributed by atoms with Gasteiger partial charge in [0.15, 0.2) is 4.87 Å². The summed E-state index contributed by atoms with van der Waals surface area (Å²) in [6, 6.07) is 16.6. The van der Waals surface area contributed by atoms with Crippen molar-refractivity contribution in [1.29, 1.82) is 0 Å². The van der Waals surface area contributed by atoms with Crippen LogP contribution in [0.3, 0.4) is 0 Å². The van der Waals surface area contributed by atoms with E-state index in [2.05, 4.69) is 5.32 Å². The van der Waals surface area contributed by atoms with E-state index in [1.807, 2.05) is 0 Å². The van der Waals surface area contributed by atoms with Crippen LogP contribution in [-0.4, -0.2) is 36.2 Å². The lowest BCUT2D eigenvalue weighted by Crippen LogP contribution is -2.51. The van der Waals surface area contributed by atoms with E-state index in [9.17, 15) is 18.4 Å². The van der Waals surface area contributed by atoms with Crippen molar-refractivity contribution in [2.24, 2.45) is 0 Å². The van der Waals surface area contributed by atoms with Crippen LogP contribution in [0.2, 0.25) is 0 Å². The van der Waals surface area contributed by atoms with E-state index >= 15 is 0 Å². The van der Waals surface area contributed by atoms with Crippen LogP contribution in [0.1, 0.15) is 11.1 Å². The molecule has 6 nitrogen and oxygen atoms in total. The zero-order valence-electron chi connectivity index (χ0n) is 18.3. The van der Waals surface area contributed by atoms with Crippen molar-refractivity contribution in [2.75, 3.05) is 29.6 Å². The van der Waals surface area contributed by atoms with Gasteiger partial charge in [-0.1, -0.05) is 24.3 Å². The van der Waals surface area contributed by atoms with E-state index in [0.717, 1.165) is 0 Å². The van der Waals surface area contributed by atoms with Crippen LogP contribution in [0.4, 0.5) is 25.0 Å². The maximum Gasteiger partial charge on any atom is 0.323 e.